The number of fused-ring (bicyclic) bond motifs is 1. The topological polar surface area (TPSA) is 33.1 Å². The summed E-state index contributed by atoms with van der Waals surface area (Å²) in [5.41, 5.74) is 0. The molecule has 1 saturated carbocycles. The molecular formula is C14H22N4. The van der Waals surface area contributed by atoms with E-state index in [0.717, 1.165) is 18.0 Å². The molecule has 4 rings (SSSR count). The molecule has 1 aromatic rings. The van der Waals surface area contributed by atoms with Crippen molar-refractivity contribution in [3.05, 3.63) is 12.4 Å². The summed E-state index contributed by atoms with van der Waals surface area (Å²) in [4.78, 5) is 7.18. The van der Waals surface area contributed by atoms with E-state index in [-0.39, 0.29) is 0 Å². The Kier molecular flexibility index (Phi) is 2.57. The molecule has 0 radical (unpaired) electrons. The van der Waals surface area contributed by atoms with Crippen LogP contribution in [-0.4, -0.2) is 39.6 Å². The minimum Gasteiger partial charge on any atom is -0.351 e. The van der Waals surface area contributed by atoms with Gasteiger partial charge < -0.3 is 9.88 Å². The zero-order valence-electron chi connectivity index (χ0n) is 10.9. The quantitative estimate of drug-likeness (QED) is 0.888. The number of hydrogen-bond acceptors (Lipinski definition) is 3. The summed E-state index contributed by atoms with van der Waals surface area (Å²) in [5, 5.41) is 3.72. The van der Waals surface area contributed by atoms with Gasteiger partial charge in [0.1, 0.15) is 0 Å². The highest BCUT2D eigenvalue weighted by Crippen LogP contribution is 2.37. The van der Waals surface area contributed by atoms with Gasteiger partial charge in [-0.05, 0) is 38.6 Å². The second-order valence-corrected chi connectivity index (χ2v) is 6.03. The van der Waals surface area contributed by atoms with E-state index in [9.17, 15) is 0 Å². The average molecular weight is 246 g/mol. The Balaban J connectivity index is 1.49. The summed E-state index contributed by atoms with van der Waals surface area (Å²) >= 11 is 0. The normalized spacial score (nSPS) is 32.4. The van der Waals surface area contributed by atoms with E-state index in [1.165, 1.54) is 51.6 Å². The van der Waals surface area contributed by atoms with Crippen molar-refractivity contribution in [1.82, 2.24) is 14.5 Å². The summed E-state index contributed by atoms with van der Waals surface area (Å²) in [6, 6.07) is 2.09. The van der Waals surface area contributed by atoms with Crippen molar-refractivity contribution in [2.45, 2.75) is 56.7 Å². The molecule has 4 nitrogen and oxygen atoms in total. The van der Waals surface area contributed by atoms with Gasteiger partial charge in [0.25, 0.3) is 0 Å². The monoisotopic (exact) mass is 246 g/mol. The maximum atomic E-state index is 4.51. The van der Waals surface area contributed by atoms with Crippen LogP contribution < -0.4 is 5.32 Å². The molecule has 3 aliphatic rings. The van der Waals surface area contributed by atoms with Crippen LogP contribution in [0.2, 0.25) is 0 Å². The third kappa shape index (κ3) is 1.83. The molecule has 2 aliphatic heterocycles. The summed E-state index contributed by atoms with van der Waals surface area (Å²) in [6.07, 6.45) is 12.2. The first-order valence-corrected chi connectivity index (χ1v) is 7.45. The Hall–Kier alpha value is -1.03. The molecule has 0 amide bonds. The molecule has 4 heteroatoms. The van der Waals surface area contributed by atoms with Crippen LogP contribution in [0.25, 0.3) is 0 Å². The summed E-state index contributed by atoms with van der Waals surface area (Å²) in [5.74, 6) is 1.11. The molecule has 1 aliphatic carbocycles. The molecule has 1 N–H and O–H groups in total. The summed E-state index contributed by atoms with van der Waals surface area (Å²) in [7, 11) is 0. The number of rotatable bonds is 3. The molecule has 18 heavy (non-hydrogen) atoms. The van der Waals surface area contributed by atoms with Gasteiger partial charge in [-0.1, -0.05) is 6.42 Å². The minimum absolute atomic E-state index is 0.616. The van der Waals surface area contributed by atoms with E-state index >= 15 is 0 Å². The Bertz CT molecular complexity index is 423. The zero-order chi connectivity index (χ0) is 11.9. The van der Waals surface area contributed by atoms with Crippen molar-refractivity contribution < 1.29 is 0 Å². The fraction of sp³-hybridized carbons (Fsp3) is 0.786. The largest absolute Gasteiger partial charge is 0.351 e. The van der Waals surface area contributed by atoms with Crippen LogP contribution in [-0.2, 0) is 0 Å². The first kappa shape index (κ1) is 10.9. The van der Waals surface area contributed by atoms with Crippen LogP contribution in [0.5, 0.6) is 0 Å². The molecule has 2 saturated heterocycles. The standard InChI is InChI=1S/C14H22N4/c1-2-8-17-9-6-12(13(17)3-1)16-14-15-7-10-18(14)11-4-5-11/h7,10-13H,1-6,8-9H2,(H,15,16). The van der Waals surface area contributed by atoms with E-state index in [4.69, 9.17) is 0 Å². The molecule has 98 valence electrons. The van der Waals surface area contributed by atoms with Crippen LogP contribution in [0.1, 0.15) is 44.6 Å². The molecule has 3 fully saturated rings. The van der Waals surface area contributed by atoms with Crippen molar-refractivity contribution >= 4 is 5.95 Å². The number of imidazole rings is 1. The molecule has 0 bridgehead atoms. The smallest absolute Gasteiger partial charge is 0.203 e. The Labute approximate surface area is 108 Å². The zero-order valence-corrected chi connectivity index (χ0v) is 10.9. The lowest BCUT2D eigenvalue weighted by Gasteiger charge is -2.32. The van der Waals surface area contributed by atoms with Crippen molar-refractivity contribution in [3.8, 4) is 0 Å². The van der Waals surface area contributed by atoms with Gasteiger partial charge >= 0.3 is 0 Å². The van der Waals surface area contributed by atoms with Crippen LogP contribution in [0.3, 0.4) is 0 Å². The predicted molar refractivity (Wildman–Crippen MR) is 71.7 cm³/mol. The Morgan fingerprint density at radius 3 is 2.94 bits per heavy atom. The lowest BCUT2D eigenvalue weighted by molar-refractivity contribution is 0.192. The van der Waals surface area contributed by atoms with Crippen LogP contribution in [0.15, 0.2) is 12.4 Å². The van der Waals surface area contributed by atoms with E-state index < -0.39 is 0 Å². The third-order valence-electron chi connectivity index (χ3n) is 4.78. The maximum Gasteiger partial charge on any atom is 0.203 e. The van der Waals surface area contributed by atoms with Crippen LogP contribution in [0.4, 0.5) is 5.95 Å². The van der Waals surface area contributed by atoms with E-state index in [0.29, 0.717) is 6.04 Å². The van der Waals surface area contributed by atoms with Crippen molar-refractivity contribution in [2.75, 3.05) is 18.4 Å². The SMILES string of the molecule is c1cn(C2CC2)c(NC2CCN3CCCCC23)n1. The highest BCUT2D eigenvalue weighted by molar-refractivity contribution is 5.31. The fourth-order valence-electron chi connectivity index (χ4n) is 3.65. The summed E-state index contributed by atoms with van der Waals surface area (Å²) in [6.45, 7) is 2.58. The number of nitrogens with one attached hydrogen (secondary N) is 1. The number of anilines is 1. The molecule has 0 spiro atoms. The second kappa shape index (κ2) is 4.26. The third-order valence-corrected chi connectivity index (χ3v) is 4.78. The first-order valence-electron chi connectivity index (χ1n) is 7.45. The molecule has 2 atom stereocenters. The summed E-state index contributed by atoms with van der Waals surface area (Å²) < 4.78 is 2.34. The molecular weight excluding hydrogens is 224 g/mol. The van der Waals surface area contributed by atoms with Gasteiger partial charge in [-0.3, -0.25) is 4.90 Å². The van der Waals surface area contributed by atoms with Crippen molar-refractivity contribution in [3.63, 3.8) is 0 Å². The number of piperidine rings is 1. The maximum absolute atomic E-state index is 4.51. The van der Waals surface area contributed by atoms with Crippen molar-refractivity contribution in [2.24, 2.45) is 0 Å². The van der Waals surface area contributed by atoms with Gasteiger partial charge in [-0.2, -0.15) is 0 Å². The Morgan fingerprint density at radius 2 is 2.06 bits per heavy atom. The van der Waals surface area contributed by atoms with Crippen LogP contribution in [0, 0.1) is 0 Å². The van der Waals surface area contributed by atoms with E-state index in [1.54, 1.807) is 0 Å². The van der Waals surface area contributed by atoms with Gasteiger partial charge in [0.05, 0.1) is 0 Å². The molecule has 0 aromatic carbocycles. The van der Waals surface area contributed by atoms with Gasteiger partial charge in [0, 0.05) is 37.1 Å². The van der Waals surface area contributed by atoms with Crippen LogP contribution >= 0.6 is 0 Å². The number of aromatic nitrogens is 2. The van der Waals surface area contributed by atoms with Gasteiger partial charge in [-0.15, -0.1) is 0 Å². The highest BCUT2D eigenvalue weighted by atomic mass is 15.3. The molecule has 1 aromatic heterocycles. The Morgan fingerprint density at radius 1 is 1.11 bits per heavy atom. The average Bonchev–Trinajstić information content (AvgIpc) is 3.01. The number of hydrogen-bond donors (Lipinski definition) is 1. The van der Waals surface area contributed by atoms with E-state index in [1.807, 2.05) is 6.20 Å². The molecule has 3 heterocycles. The first-order chi connectivity index (χ1) is 8.92. The lowest BCUT2D eigenvalue weighted by Crippen LogP contribution is -2.42. The second-order valence-electron chi connectivity index (χ2n) is 6.03. The highest BCUT2D eigenvalue weighted by Gasteiger charge is 2.36. The van der Waals surface area contributed by atoms with E-state index in [2.05, 4.69) is 26.0 Å². The van der Waals surface area contributed by atoms with Gasteiger partial charge in [-0.25, -0.2) is 4.98 Å². The van der Waals surface area contributed by atoms with Gasteiger partial charge in [0.15, 0.2) is 0 Å². The minimum atomic E-state index is 0.616. The van der Waals surface area contributed by atoms with Gasteiger partial charge in [0.2, 0.25) is 5.95 Å². The number of nitrogens with zero attached hydrogens (tertiary/aromatic N) is 3. The molecule has 2 unspecified atom stereocenters. The van der Waals surface area contributed by atoms with Crippen molar-refractivity contribution in [1.29, 1.82) is 0 Å². The fourth-order valence-corrected chi connectivity index (χ4v) is 3.65. The predicted octanol–water partition coefficient (Wildman–Crippen LogP) is 2.26. The lowest BCUT2D eigenvalue weighted by atomic mass is 9.99.